The molecule has 102 valence electrons. The molecule has 1 aromatic carbocycles. The normalized spacial score (nSPS) is 12.3. The van der Waals surface area contributed by atoms with E-state index in [4.69, 9.17) is 10.5 Å². The molecule has 0 aromatic heterocycles. The van der Waals surface area contributed by atoms with E-state index < -0.39 is 5.82 Å². The summed E-state index contributed by atoms with van der Waals surface area (Å²) < 4.78 is 18.7. The summed E-state index contributed by atoms with van der Waals surface area (Å²) in [5.41, 5.74) is 6.87. The quantitative estimate of drug-likeness (QED) is 0.764. The van der Waals surface area contributed by atoms with Gasteiger partial charge in [0.15, 0.2) is 11.6 Å². The van der Waals surface area contributed by atoms with E-state index in [9.17, 15) is 9.50 Å². The van der Waals surface area contributed by atoms with Crippen molar-refractivity contribution >= 4 is 11.4 Å². The van der Waals surface area contributed by atoms with E-state index >= 15 is 0 Å². The highest BCUT2D eigenvalue weighted by atomic mass is 19.1. The summed E-state index contributed by atoms with van der Waals surface area (Å²) in [6.45, 7) is 4.57. The van der Waals surface area contributed by atoms with Crippen LogP contribution in [0, 0.1) is 5.82 Å². The SMILES string of the molecule is CCOc1cc(N(C)CCC(C)O)c(N)cc1F. The van der Waals surface area contributed by atoms with E-state index in [0.717, 1.165) is 0 Å². The van der Waals surface area contributed by atoms with Crippen molar-refractivity contribution in [2.24, 2.45) is 0 Å². The minimum Gasteiger partial charge on any atom is -0.491 e. The molecule has 0 radical (unpaired) electrons. The van der Waals surface area contributed by atoms with Crippen LogP contribution in [0.5, 0.6) is 5.75 Å². The molecule has 0 spiro atoms. The van der Waals surface area contributed by atoms with E-state index in [1.807, 2.05) is 11.9 Å². The largest absolute Gasteiger partial charge is 0.491 e. The zero-order valence-corrected chi connectivity index (χ0v) is 11.1. The number of rotatable bonds is 6. The van der Waals surface area contributed by atoms with Gasteiger partial charge in [0.2, 0.25) is 0 Å². The molecule has 0 aliphatic heterocycles. The highest BCUT2D eigenvalue weighted by Crippen LogP contribution is 2.30. The lowest BCUT2D eigenvalue weighted by Gasteiger charge is -2.22. The standard InChI is InChI=1S/C13H21FN2O2/c1-4-18-13-8-12(11(15)7-10(13)14)16(3)6-5-9(2)17/h7-9,17H,4-6,15H2,1-3H3. The molecular formula is C13H21FN2O2. The number of halogens is 1. The van der Waals surface area contributed by atoms with Crippen LogP contribution in [0.3, 0.4) is 0 Å². The lowest BCUT2D eigenvalue weighted by Crippen LogP contribution is -2.23. The fourth-order valence-electron chi connectivity index (χ4n) is 1.66. The Morgan fingerprint density at radius 2 is 2.17 bits per heavy atom. The number of nitrogens with two attached hydrogens (primary N) is 1. The molecule has 0 saturated heterocycles. The number of aliphatic hydroxyl groups is 1. The lowest BCUT2D eigenvalue weighted by atomic mass is 10.2. The Morgan fingerprint density at radius 1 is 1.50 bits per heavy atom. The zero-order valence-electron chi connectivity index (χ0n) is 11.1. The van der Waals surface area contributed by atoms with Gasteiger partial charge in [0, 0.05) is 25.7 Å². The van der Waals surface area contributed by atoms with Crippen molar-refractivity contribution in [1.29, 1.82) is 0 Å². The smallest absolute Gasteiger partial charge is 0.167 e. The van der Waals surface area contributed by atoms with Crippen LogP contribution < -0.4 is 15.4 Å². The minimum atomic E-state index is -0.456. The van der Waals surface area contributed by atoms with E-state index in [1.165, 1.54) is 6.07 Å². The molecule has 0 bridgehead atoms. The van der Waals surface area contributed by atoms with Crippen LogP contribution in [0.15, 0.2) is 12.1 Å². The molecule has 18 heavy (non-hydrogen) atoms. The summed E-state index contributed by atoms with van der Waals surface area (Å²) in [5.74, 6) is -0.257. The van der Waals surface area contributed by atoms with Gasteiger partial charge in [0.25, 0.3) is 0 Å². The number of anilines is 2. The molecule has 0 heterocycles. The van der Waals surface area contributed by atoms with Crippen molar-refractivity contribution in [3.05, 3.63) is 17.9 Å². The molecule has 5 heteroatoms. The van der Waals surface area contributed by atoms with Gasteiger partial charge in [-0.15, -0.1) is 0 Å². The predicted molar refractivity (Wildman–Crippen MR) is 71.5 cm³/mol. The Balaban J connectivity index is 2.89. The fourth-order valence-corrected chi connectivity index (χ4v) is 1.66. The first kappa shape index (κ1) is 14.6. The molecule has 3 N–H and O–H groups in total. The van der Waals surface area contributed by atoms with Gasteiger partial charge < -0.3 is 20.5 Å². The maximum absolute atomic E-state index is 13.5. The molecule has 4 nitrogen and oxygen atoms in total. The topological polar surface area (TPSA) is 58.7 Å². The Kier molecular flexibility index (Phi) is 5.22. The average Bonchev–Trinajstić information content (AvgIpc) is 2.29. The van der Waals surface area contributed by atoms with Gasteiger partial charge in [-0.2, -0.15) is 0 Å². The molecule has 0 fully saturated rings. The summed E-state index contributed by atoms with van der Waals surface area (Å²) in [7, 11) is 1.85. The van der Waals surface area contributed by atoms with Crippen LogP contribution in [-0.4, -0.2) is 31.4 Å². The molecule has 0 aliphatic rings. The fraction of sp³-hybridized carbons (Fsp3) is 0.538. The van der Waals surface area contributed by atoms with Crippen molar-refractivity contribution in [1.82, 2.24) is 0 Å². The Hall–Kier alpha value is -1.49. The van der Waals surface area contributed by atoms with E-state index in [-0.39, 0.29) is 11.9 Å². The zero-order chi connectivity index (χ0) is 13.7. The first-order valence-corrected chi connectivity index (χ1v) is 6.06. The third-order valence-corrected chi connectivity index (χ3v) is 2.67. The molecule has 0 aliphatic carbocycles. The lowest BCUT2D eigenvalue weighted by molar-refractivity contribution is 0.187. The Bertz CT molecular complexity index is 397. The second-order valence-electron chi connectivity index (χ2n) is 4.33. The summed E-state index contributed by atoms with van der Waals surface area (Å²) >= 11 is 0. The summed E-state index contributed by atoms with van der Waals surface area (Å²) in [5, 5.41) is 9.26. The second-order valence-corrected chi connectivity index (χ2v) is 4.33. The summed E-state index contributed by atoms with van der Waals surface area (Å²) in [6.07, 6.45) is 0.248. The molecular weight excluding hydrogens is 235 g/mol. The van der Waals surface area contributed by atoms with Gasteiger partial charge in [-0.1, -0.05) is 0 Å². The first-order chi connectivity index (χ1) is 8.45. The monoisotopic (exact) mass is 256 g/mol. The van der Waals surface area contributed by atoms with Gasteiger partial charge in [-0.25, -0.2) is 4.39 Å². The number of benzene rings is 1. The first-order valence-electron chi connectivity index (χ1n) is 6.06. The molecule has 1 unspecified atom stereocenters. The molecule has 1 aromatic rings. The maximum Gasteiger partial charge on any atom is 0.167 e. The van der Waals surface area contributed by atoms with Crippen molar-refractivity contribution < 1.29 is 14.2 Å². The number of hydrogen-bond donors (Lipinski definition) is 2. The van der Waals surface area contributed by atoms with Crippen molar-refractivity contribution in [3.8, 4) is 5.75 Å². The summed E-state index contributed by atoms with van der Waals surface area (Å²) in [4.78, 5) is 1.88. The predicted octanol–water partition coefficient (Wildman–Crippen LogP) is 2.01. The maximum atomic E-state index is 13.5. The van der Waals surface area contributed by atoms with E-state index in [0.29, 0.717) is 30.9 Å². The Morgan fingerprint density at radius 3 is 2.72 bits per heavy atom. The van der Waals surface area contributed by atoms with Crippen LogP contribution in [0.1, 0.15) is 20.3 Å². The van der Waals surface area contributed by atoms with Gasteiger partial charge in [0.1, 0.15) is 0 Å². The molecule has 0 amide bonds. The van der Waals surface area contributed by atoms with Crippen LogP contribution in [0.25, 0.3) is 0 Å². The highest BCUT2D eigenvalue weighted by Gasteiger charge is 2.12. The number of nitrogens with zero attached hydrogens (tertiary/aromatic N) is 1. The number of aliphatic hydroxyl groups excluding tert-OH is 1. The third kappa shape index (κ3) is 3.77. The van der Waals surface area contributed by atoms with Gasteiger partial charge in [0.05, 0.1) is 24.1 Å². The van der Waals surface area contributed by atoms with Crippen LogP contribution in [-0.2, 0) is 0 Å². The van der Waals surface area contributed by atoms with Gasteiger partial charge >= 0.3 is 0 Å². The third-order valence-electron chi connectivity index (χ3n) is 2.67. The second kappa shape index (κ2) is 6.44. The number of ether oxygens (including phenoxy) is 1. The van der Waals surface area contributed by atoms with Crippen LogP contribution in [0.4, 0.5) is 15.8 Å². The van der Waals surface area contributed by atoms with Crippen LogP contribution in [0.2, 0.25) is 0 Å². The molecule has 1 atom stereocenters. The molecule has 0 saturated carbocycles. The minimum absolute atomic E-state index is 0.200. The van der Waals surface area contributed by atoms with E-state index in [1.54, 1.807) is 19.9 Å². The average molecular weight is 256 g/mol. The number of nitrogen functional groups attached to an aromatic ring is 1. The van der Waals surface area contributed by atoms with Crippen molar-refractivity contribution in [2.45, 2.75) is 26.4 Å². The van der Waals surface area contributed by atoms with Crippen LogP contribution >= 0.6 is 0 Å². The van der Waals surface area contributed by atoms with Gasteiger partial charge in [-0.3, -0.25) is 0 Å². The molecule has 1 rings (SSSR count). The highest BCUT2D eigenvalue weighted by molar-refractivity contribution is 5.69. The van der Waals surface area contributed by atoms with Crippen molar-refractivity contribution in [3.63, 3.8) is 0 Å². The summed E-state index contributed by atoms with van der Waals surface area (Å²) in [6, 6.07) is 2.86. The number of hydrogen-bond acceptors (Lipinski definition) is 4. The Labute approximate surface area is 107 Å². The van der Waals surface area contributed by atoms with E-state index in [2.05, 4.69) is 0 Å². The van der Waals surface area contributed by atoms with Gasteiger partial charge in [-0.05, 0) is 20.3 Å². The van der Waals surface area contributed by atoms with Crippen molar-refractivity contribution in [2.75, 3.05) is 30.8 Å².